The van der Waals surface area contributed by atoms with Gasteiger partial charge >= 0.3 is 0 Å². The van der Waals surface area contributed by atoms with E-state index in [4.69, 9.17) is 16.0 Å². The van der Waals surface area contributed by atoms with Crippen molar-refractivity contribution >= 4 is 56.5 Å². The molecule has 5 aromatic rings. The monoisotopic (exact) mass is 582 g/mol. The number of hydrogen-bond acceptors (Lipinski definition) is 7. The van der Waals surface area contributed by atoms with Gasteiger partial charge in [0, 0.05) is 17.0 Å². The van der Waals surface area contributed by atoms with Gasteiger partial charge in [-0.2, -0.15) is 0 Å². The van der Waals surface area contributed by atoms with Gasteiger partial charge in [-0.3, -0.25) is 19.3 Å². The largest absolute Gasteiger partial charge is 0.450 e. The summed E-state index contributed by atoms with van der Waals surface area (Å²) in [6.07, 6.45) is 0.657. The summed E-state index contributed by atoms with van der Waals surface area (Å²) >= 11 is 7.50. The van der Waals surface area contributed by atoms with Gasteiger partial charge in [0.2, 0.25) is 10.9 Å². The summed E-state index contributed by atoms with van der Waals surface area (Å²) in [6.45, 7) is 4.38. The number of benzene rings is 3. The molecule has 0 N–H and O–H groups in total. The van der Waals surface area contributed by atoms with Crippen LogP contribution in [0.15, 0.2) is 82.0 Å². The zero-order valence-electron chi connectivity index (χ0n) is 22.1. The zero-order valence-corrected chi connectivity index (χ0v) is 23.7. The van der Waals surface area contributed by atoms with Crippen molar-refractivity contribution in [2.45, 2.75) is 32.4 Å². The molecule has 2 aliphatic rings. The zero-order chi connectivity index (χ0) is 28.5. The summed E-state index contributed by atoms with van der Waals surface area (Å²) in [5.41, 5.74) is -0.143. The minimum atomic E-state index is -1.83. The molecule has 0 saturated heterocycles. The van der Waals surface area contributed by atoms with Gasteiger partial charge in [0.1, 0.15) is 10.6 Å². The quantitative estimate of drug-likeness (QED) is 0.254. The van der Waals surface area contributed by atoms with Crippen LogP contribution in [0.4, 0.5) is 10.8 Å². The number of hydrogen-bond donors (Lipinski definition) is 0. The fraction of sp³-hybridized carbons (Fsp3) is 0.194. The lowest BCUT2D eigenvalue weighted by Gasteiger charge is -2.32. The highest BCUT2D eigenvalue weighted by Gasteiger charge is 2.66. The Balaban J connectivity index is 1.54. The van der Waals surface area contributed by atoms with Crippen LogP contribution >= 0.6 is 22.9 Å². The Labute approximate surface area is 243 Å². The maximum atomic E-state index is 14.9. The molecule has 8 nitrogen and oxygen atoms in total. The highest BCUT2D eigenvalue weighted by molar-refractivity contribution is 7.15. The van der Waals surface area contributed by atoms with E-state index in [0.29, 0.717) is 28.6 Å². The molecule has 2 aromatic heterocycles. The van der Waals surface area contributed by atoms with E-state index < -0.39 is 22.8 Å². The molecule has 0 aliphatic carbocycles. The van der Waals surface area contributed by atoms with Gasteiger partial charge < -0.3 is 9.32 Å². The Kier molecular flexibility index (Phi) is 5.85. The average Bonchev–Trinajstić information content (AvgIpc) is 3.58. The number of nitrogens with zero attached hydrogens (tertiary/aromatic N) is 4. The molecule has 7 rings (SSSR count). The summed E-state index contributed by atoms with van der Waals surface area (Å²) in [6, 6.07) is 21.5. The molecular formula is C31H23ClN4O4S. The van der Waals surface area contributed by atoms with Crippen molar-refractivity contribution in [1.82, 2.24) is 10.2 Å². The van der Waals surface area contributed by atoms with Gasteiger partial charge in [0.05, 0.1) is 23.2 Å². The molecule has 0 bridgehead atoms. The molecule has 1 spiro atoms. The minimum absolute atomic E-state index is 0.0362. The van der Waals surface area contributed by atoms with Crippen LogP contribution in [-0.2, 0) is 23.3 Å². The molecule has 0 saturated carbocycles. The van der Waals surface area contributed by atoms with E-state index in [1.807, 2.05) is 42.5 Å². The molecule has 1 unspecified atom stereocenters. The Hall–Kier alpha value is -4.34. The number of amides is 2. The second kappa shape index (κ2) is 9.36. The summed E-state index contributed by atoms with van der Waals surface area (Å²) in [7, 11) is 0. The van der Waals surface area contributed by atoms with Gasteiger partial charge in [0.15, 0.2) is 11.0 Å². The van der Waals surface area contributed by atoms with Crippen molar-refractivity contribution in [3.63, 3.8) is 0 Å². The number of para-hydroxylation sites is 1. The summed E-state index contributed by atoms with van der Waals surface area (Å²) < 4.78 is 6.11. The number of carbonyl (C=O) groups is 2. The molecule has 2 aliphatic heterocycles. The van der Waals surface area contributed by atoms with Crippen LogP contribution in [0.25, 0.3) is 11.0 Å². The van der Waals surface area contributed by atoms with Gasteiger partial charge in [-0.25, -0.2) is 0 Å². The maximum absolute atomic E-state index is 14.9. The molecule has 0 radical (unpaired) electrons. The Morgan fingerprint density at radius 2 is 1.73 bits per heavy atom. The van der Waals surface area contributed by atoms with Gasteiger partial charge in [-0.1, -0.05) is 85.3 Å². The fourth-order valence-corrected chi connectivity index (χ4v) is 7.10. The van der Waals surface area contributed by atoms with E-state index in [-0.39, 0.29) is 34.0 Å². The van der Waals surface area contributed by atoms with Crippen LogP contribution in [0.5, 0.6) is 0 Å². The predicted octanol–water partition coefficient (Wildman–Crippen LogP) is 5.95. The summed E-state index contributed by atoms with van der Waals surface area (Å²) in [5.74, 6) is -0.935. The molecule has 2 amide bonds. The van der Waals surface area contributed by atoms with Crippen LogP contribution in [0.3, 0.4) is 0 Å². The van der Waals surface area contributed by atoms with Crippen molar-refractivity contribution in [3.8, 4) is 0 Å². The smallest absolute Gasteiger partial charge is 0.297 e. The second-order valence-electron chi connectivity index (χ2n) is 10.6. The van der Waals surface area contributed by atoms with Crippen LogP contribution in [0, 0.1) is 5.92 Å². The number of anilines is 2. The number of aromatic nitrogens is 2. The minimum Gasteiger partial charge on any atom is -0.450 e. The third kappa shape index (κ3) is 3.69. The Morgan fingerprint density at radius 1 is 0.976 bits per heavy atom. The lowest BCUT2D eigenvalue weighted by atomic mass is 9.84. The van der Waals surface area contributed by atoms with E-state index in [9.17, 15) is 14.4 Å². The number of halogens is 1. The van der Waals surface area contributed by atoms with Crippen molar-refractivity contribution in [3.05, 3.63) is 116 Å². The summed E-state index contributed by atoms with van der Waals surface area (Å²) in [5, 5.41) is 10.2. The molecule has 3 aromatic carbocycles. The number of rotatable bonds is 5. The number of fused-ring (bicyclic) bond motifs is 5. The lowest BCUT2D eigenvalue weighted by molar-refractivity contribution is -0.121. The first kappa shape index (κ1) is 25.6. The lowest BCUT2D eigenvalue weighted by Crippen LogP contribution is -2.53. The highest BCUT2D eigenvalue weighted by Crippen LogP contribution is 2.54. The second-order valence-corrected chi connectivity index (χ2v) is 12.1. The molecule has 204 valence electrons. The van der Waals surface area contributed by atoms with Crippen LogP contribution in [0.2, 0.25) is 5.02 Å². The molecule has 1 atom stereocenters. The third-order valence-corrected chi connectivity index (χ3v) is 8.67. The first-order valence-corrected chi connectivity index (χ1v) is 14.4. The molecule has 4 heterocycles. The van der Waals surface area contributed by atoms with E-state index in [0.717, 1.165) is 10.6 Å². The van der Waals surface area contributed by atoms with Crippen LogP contribution < -0.4 is 15.2 Å². The topological polar surface area (TPSA) is 96.6 Å². The van der Waals surface area contributed by atoms with Crippen molar-refractivity contribution in [1.29, 1.82) is 0 Å². The third-order valence-electron chi connectivity index (χ3n) is 7.50. The Morgan fingerprint density at radius 3 is 2.51 bits per heavy atom. The molecule has 10 heteroatoms. The SMILES string of the molecule is CC(C)Cc1nnc(N2C(=O)c3oc4ccc(Cl)cc4c(=O)c3C23C(=O)N(Cc2ccccc2)c2ccccc23)s1. The van der Waals surface area contributed by atoms with E-state index in [1.165, 1.54) is 22.3 Å². The normalized spacial score (nSPS) is 17.8. The predicted molar refractivity (Wildman–Crippen MR) is 158 cm³/mol. The maximum Gasteiger partial charge on any atom is 0.297 e. The molecule has 41 heavy (non-hydrogen) atoms. The molecule has 0 fully saturated rings. The standard InChI is InChI=1S/C31H23ClN4O4S/c1-17(2)14-24-33-34-30(41-24)36-28(38)27-25(26(37)20-15-19(32)12-13-23(20)40-27)31(36)21-10-6-7-11-22(21)35(29(31)39)16-18-8-4-3-5-9-18/h3-13,15,17H,14,16H2,1-2H3. The van der Waals surface area contributed by atoms with Gasteiger partial charge in [-0.15, -0.1) is 10.2 Å². The van der Waals surface area contributed by atoms with E-state index in [1.54, 1.807) is 29.2 Å². The van der Waals surface area contributed by atoms with Crippen molar-refractivity contribution < 1.29 is 14.0 Å². The first-order valence-electron chi connectivity index (χ1n) is 13.2. The van der Waals surface area contributed by atoms with E-state index in [2.05, 4.69) is 24.0 Å². The van der Waals surface area contributed by atoms with E-state index >= 15 is 0 Å². The highest BCUT2D eigenvalue weighted by atomic mass is 35.5. The summed E-state index contributed by atoms with van der Waals surface area (Å²) in [4.78, 5) is 46.5. The fourth-order valence-electron chi connectivity index (χ4n) is 5.82. The number of carbonyl (C=O) groups excluding carboxylic acids is 2. The first-order chi connectivity index (χ1) is 19.8. The van der Waals surface area contributed by atoms with Crippen molar-refractivity contribution in [2.24, 2.45) is 5.92 Å². The van der Waals surface area contributed by atoms with Crippen LogP contribution in [0.1, 0.15) is 46.1 Å². The molecular weight excluding hydrogens is 560 g/mol. The van der Waals surface area contributed by atoms with Crippen LogP contribution in [-0.4, -0.2) is 22.0 Å². The van der Waals surface area contributed by atoms with Gasteiger partial charge in [-0.05, 0) is 35.7 Å². The average molecular weight is 583 g/mol. The van der Waals surface area contributed by atoms with Crippen molar-refractivity contribution in [2.75, 3.05) is 9.80 Å². The van der Waals surface area contributed by atoms with Gasteiger partial charge in [0.25, 0.3) is 11.8 Å². The Bertz CT molecular complexity index is 1940.